The predicted molar refractivity (Wildman–Crippen MR) is 91.3 cm³/mol. The SMILES string of the molecule is COC[C@H]1CC[C@@H]2[C@@H](CCN2Cc2ccc(C)s2)O1.O=C(O)C(F)(F)F. The fourth-order valence-corrected chi connectivity index (χ4v) is 4.28. The molecule has 5 nitrogen and oxygen atoms in total. The summed E-state index contributed by atoms with van der Waals surface area (Å²) in [7, 11) is 1.76. The number of carboxylic acids is 1. The Morgan fingerprint density at radius 2 is 2.08 bits per heavy atom. The molecule has 0 saturated carbocycles. The van der Waals surface area contributed by atoms with Gasteiger partial charge in [0.1, 0.15) is 0 Å². The van der Waals surface area contributed by atoms with Crippen molar-refractivity contribution >= 4 is 17.3 Å². The van der Waals surface area contributed by atoms with E-state index in [1.165, 1.54) is 29.1 Å². The number of hydrogen-bond acceptors (Lipinski definition) is 5. The number of nitrogens with zero attached hydrogens (tertiary/aromatic N) is 1. The Hall–Kier alpha value is -1.16. The van der Waals surface area contributed by atoms with Crippen LogP contribution in [0.3, 0.4) is 0 Å². The Morgan fingerprint density at radius 1 is 1.38 bits per heavy atom. The monoisotopic (exact) mass is 395 g/mol. The van der Waals surface area contributed by atoms with Gasteiger partial charge in [0.15, 0.2) is 0 Å². The van der Waals surface area contributed by atoms with Gasteiger partial charge in [-0.25, -0.2) is 4.79 Å². The van der Waals surface area contributed by atoms with Crippen LogP contribution in [0.2, 0.25) is 0 Å². The van der Waals surface area contributed by atoms with Crippen LogP contribution in [0, 0.1) is 6.92 Å². The van der Waals surface area contributed by atoms with Gasteiger partial charge in [-0.15, -0.1) is 11.3 Å². The maximum absolute atomic E-state index is 10.6. The number of aryl methyl sites for hydroxylation is 1. The van der Waals surface area contributed by atoms with Crippen LogP contribution in [0.5, 0.6) is 0 Å². The van der Waals surface area contributed by atoms with E-state index in [2.05, 4.69) is 24.0 Å². The van der Waals surface area contributed by atoms with Crippen molar-refractivity contribution in [3.63, 3.8) is 0 Å². The summed E-state index contributed by atoms with van der Waals surface area (Å²) in [6.45, 7) is 5.19. The van der Waals surface area contributed by atoms with Gasteiger partial charge in [0.25, 0.3) is 0 Å². The third-order valence-corrected chi connectivity index (χ3v) is 5.49. The molecule has 3 atom stereocenters. The highest BCUT2D eigenvalue weighted by Gasteiger charge is 2.40. The lowest BCUT2D eigenvalue weighted by Gasteiger charge is -2.35. The average molecular weight is 395 g/mol. The molecule has 2 fully saturated rings. The van der Waals surface area contributed by atoms with E-state index in [0.717, 1.165) is 19.6 Å². The van der Waals surface area contributed by atoms with E-state index in [-0.39, 0.29) is 0 Å². The second-order valence-corrected chi connectivity index (χ2v) is 7.84. The normalized spacial score (nSPS) is 26.1. The largest absolute Gasteiger partial charge is 0.490 e. The molecule has 2 aliphatic rings. The fraction of sp³-hybridized carbons (Fsp3) is 0.706. The molecule has 3 heterocycles. The van der Waals surface area contributed by atoms with Gasteiger partial charge in [-0.05, 0) is 38.3 Å². The lowest BCUT2D eigenvalue weighted by atomic mass is 9.99. The topological polar surface area (TPSA) is 59.0 Å². The maximum atomic E-state index is 10.6. The van der Waals surface area contributed by atoms with Crippen LogP contribution in [0.25, 0.3) is 0 Å². The Kier molecular flexibility index (Phi) is 7.45. The molecule has 0 aromatic carbocycles. The van der Waals surface area contributed by atoms with Crippen LogP contribution in [-0.2, 0) is 20.8 Å². The summed E-state index contributed by atoms with van der Waals surface area (Å²) in [5.74, 6) is -2.76. The lowest BCUT2D eigenvalue weighted by molar-refractivity contribution is -0.192. The van der Waals surface area contributed by atoms with E-state index < -0.39 is 12.1 Å². The average Bonchev–Trinajstić information content (AvgIpc) is 3.14. The number of likely N-dealkylation sites (tertiary alicyclic amines) is 1. The minimum atomic E-state index is -5.08. The zero-order chi connectivity index (χ0) is 19.3. The van der Waals surface area contributed by atoms with Crippen LogP contribution in [0.15, 0.2) is 12.1 Å². The Morgan fingerprint density at radius 3 is 2.62 bits per heavy atom. The van der Waals surface area contributed by atoms with Crippen molar-refractivity contribution < 1.29 is 32.5 Å². The zero-order valence-corrected chi connectivity index (χ0v) is 15.6. The van der Waals surface area contributed by atoms with Crippen molar-refractivity contribution in [3.8, 4) is 0 Å². The molecule has 3 rings (SSSR count). The number of alkyl halides is 3. The van der Waals surface area contributed by atoms with E-state index in [1.807, 2.05) is 11.3 Å². The minimum Gasteiger partial charge on any atom is -0.475 e. The molecule has 0 unspecified atom stereocenters. The molecule has 26 heavy (non-hydrogen) atoms. The van der Waals surface area contributed by atoms with Crippen molar-refractivity contribution in [2.75, 3.05) is 20.3 Å². The molecule has 2 saturated heterocycles. The Balaban J connectivity index is 0.000000298. The molecule has 0 bridgehead atoms. The van der Waals surface area contributed by atoms with Gasteiger partial charge in [-0.1, -0.05) is 0 Å². The molecule has 1 N–H and O–H groups in total. The molecular weight excluding hydrogens is 371 g/mol. The summed E-state index contributed by atoms with van der Waals surface area (Å²) in [6.07, 6.45) is -0.780. The molecule has 2 aliphatic heterocycles. The second-order valence-electron chi connectivity index (χ2n) is 6.47. The highest BCUT2D eigenvalue weighted by molar-refractivity contribution is 7.11. The molecule has 1 aromatic heterocycles. The number of hydrogen-bond donors (Lipinski definition) is 1. The van der Waals surface area contributed by atoms with Crippen LogP contribution in [0.1, 0.15) is 29.0 Å². The van der Waals surface area contributed by atoms with Crippen molar-refractivity contribution in [1.29, 1.82) is 0 Å². The van der Waals surface area contributed by atoms with Gasteiger partial charge < -0.3 is 14.6 Å². The summed E-state index contributed by atoms with van der Waals surface area (Å²) >= 11 is 1.92. The summed E-state index contributed by atoms with van der Waals surface area (Å²) < 4.78 is 43.1. The van der Waals surface area contributed by atoms with Crippen LogP contribution in [0.4, 0.5) is 13.2 Å². The molecule has 148 valence electrons. The molecule has 1 aromatic rings. The Bertz CT molecular complexity index is 593. The number of ether oxygens (including phenoxy) is 2. The molecule has 0 amide bonds. The summed E-state index contributed by atoms with van der Waals surface area (Å²) in [6, 6.07) is 5.11. The summed E-state index contributed by atoms with van der Waals surface area (Å²) in [5, 5.41) is 7.12. The van der Waals surface area contributed by atoms with E-state index in [0.29, 0.717) is 18.2 Å². The third kappa shape index (κ3) is 5.94. The quantitative estimate of drug-likeness (QED) is 0.846. The fourth-order valence-electron chi connectivity index (χ4n) is 3.36. The van der Waals surface area contributed by atoms with Crippen molar-refractivity contribution in [2.45, 2.75) is 57.2 Å². The van der Waals surface area contributed by atoms with Gasteiger partial charge in [0.05, 0.1) is 18.8 Å². The maximum Gasteiger partial charge on any atom is 0.490 e. The van der Waals surface area contributed by atoms with Crippen molar-refractivity contribution in [2.24, 2.45) is 0 Å². The molecule has 9 heteroatoms. The number of carbonyl (C=O) groups is 1. The van der Waals surface area contributed by atoms with E-state index in [9.17, 15) is 13.2 Å². The number of methoxy groups -OCH3 is 1. The molecule has 0 radical (unpaired) electrons. The van der Waals surface area contributed by atoms with Crippen molar-refractivity contribution in [1.82, 2.24) is 4.90 Å². The van der Waals surface area contributed by atoms with Crippen LogP contribution < -0.4 is 0 Å². The van der Waals surface area contributed by atoms with Gasteiger partial charge >= 0.3 is 12.1 Å². The third-order valence-electron chi connectivity index (χ3n) is 4.50. The summed E-state index contributed by atoms with van der Waals surface area (Å²) in [4.78, 5) is 14.4. The van der Waals surface area contributed by atoms with E-state index >= 15 is 0 Å². The smallest absolute Gasteiger partial charge is 0.475 e. The first-order valence-electron chi connectivity index (χ1n) is 8.44. The first kappa shape index (κ1) is 21.1. The van der Waals surface area contributed by atoms with E-state index in [1.54, 1.807) is 7.11 Å². The first-order valence-corrected chi connectivity index (χ1v) is 9.26. The predicted octanol–water partition coefficient (Wildman–Crippen LogP) is 3.46. The van der Waals surface area contributed by atoms with Crippen LogP contribution >= 0.6 is 11.3 Å². The molecule has 0 spiro atoms. The first-order chi connectivity index (χ1) is 12.2. The number of halogens is 3. The van der Waals surface area contributed by atoms with Gasteiger partial charge in [-0.2, -0.15) is 13.2 Å². The van der Waals surface area contributed by atoms with Crippen molar-refractivity contribution in [3.05, 3.63) is 21.9 Å². The number of fused-ring (bicyclic) bond motifs is 1. The number of rotatable bonds is 4. The standard InChI is InChI=1S/C15H23NO2S.C2HF3O2/c1-11-3-5-13(19-11)9-16-8-7-15-14(16)6-4-12(18-15)10-17-2;3-2(4,5)1(6)7/h3,5,12,14-15H,4,6-10H2,1-2H3;(H,6,7)/t12-,14-,15-;/m1./s1. The number of thiophene rings is 1. The minimum absolute atomic E-state index is 0.315. The second kappa shape index (κ2) is 9.16. The lowest BCUT2D eigenvalue weighted by Crippen LogP contribution is -2.43. The molecular formula is C17H24F3NO4S. The highest BCUT2D eigenvalue weighted by Crippen LogP contribution is 2.33. The number of carboxylic acid groups (broad SMARTS) is 1. The highest BCUT2D eigenvalue weighted by atomic mass is 32.1. The summed E-state index contributed by atoms with van der Waals surface area (Å²) in [5.41, 5.74) is 0. The Labute approximate surface area is 154 Å². The zero-order valence-electron chi connectivity index (χ0n) is 14.8. The van der Waals surface area contributed by atoms with Crippen LogP contribution in [-0.4, -0.2) is 60.7 Å². The van der Waals surface area contributed by atoms with Gasteiger partial charge in [-0.3, -0.25) is 4.90 Å². The molecule has 0 aliphatic carbocycles. The van der Waals surface area contributed by atoms with Gasteiger partial charge in [0, 0.05) is 36.0 Å². The number of aliphatic carboxylic acids is 1. The van der Waals surface area contributed by atoms with Gasteiger partial charge in [0.2, 0.25) is 0 Å². The van der Waals surface area contributed by atoms with E-state index in [4.69, 9.17) is 19.4 Å².